The van der Waals surface area contributed by atoms with E-state index in [1.807, 2.05) is 60.9 Å². The standard InChI is InChI=1S/C24H32N4O2S/c1-4-28(19-8-6-5-7-9-19)23(30)18-10-11-20-21(16-18)31-24(25-20)27-14-12-26(13-15-27)22(29)17(2)3/h5-9,17-18H,4,10-16H2,1-3H3. The molecule has 0 N–H and O–H groups in total. The van der Waals surface area contributed by atoms with E-state index in [9.17, 15) is 9.59 Å². The summed E-state index contributed by atoms with van der Waals surface area (Å²) < 4.78 is 0. The molecule has 2 amide bonds. The molecule has 2 aromatic rings. The Hall–Kier alpha value is -2.41. The Morgan fingerprint density at radius 1 is 1.16 bits per heavy atom. The summed E-state index contributed by atoms with van der Waals surface area (Å²) in [6.07, 6.45) is 2.50. The normalized spacial score (nSPS) is 18.8. The molecule has 1 aliphatic carbocycles. The van der Waals surface area contributed by atoms with E-state index in [0.29, 0.717) is 6.54 Å². The number of nitrogens with zero attached hydrogens (tertiary/aromatic N) is 4. The third-order valence-corrected chi connectivity index (χ3v) is 7.46. The van der Waals surface area contributed by atoms with Crippen LogP contribution in [0.5, 0.6) is 0 Å². The van der Waals surface area contributed by atoms with Crippen molar-refractivity contribution >= 4 is 34.0 Å². The Labute approximate surface area is 188 Å². The lowest BCUT2D eigenvalue weighted by Crippen LogP contribution is -2.49. The van der Waals surface area contributed by atoms with E-state index in [4.69, 9.17) is 4.98 Å². The number of benzene rings is 1. The third-order valence-electron chi connectivity index (χ3n) is 6.28. The van der Waals surface area contributed by atoms with Crippen LogP contribution in [0.4, 0.5) is 10.8 Å². The second-order valence-electron chi connectivity index (χ2n) is 8.69. The summed E-state index contributed by atoms with van der Waals surface area (Å²) in [5.74, 6) is 0.515. The maximum atomic E-state index is 13.3. The minimum absolute atomic E-state index is 0.0152. The van der Waals surface area contributed by atoms with Crippen LogP contribution in [-0.4, -0.2) is 54.4 Å². The fraction of sp³-hybridized carbons (Fsp3) is 0.542. The zero-order chi connectivity index (χ0) is 22.0. The first-order chi connectivity index (χ1) is 15.0. The van der Waals surface area contributed by atoms with Crippen molar-refractivity contribution in [1.82, 2.24) is 9.88 Å². The van der Waals surface area contributed by atoms with Gasteiger partial charge in [0.15, 0.2) is 5.13 Å². The molecule has 0 spiro atoms. The van der Waals surface area contributed by atoms with E-state index < -0.39 is 0 Å². The molecule has 1 saturated heterocycles. The summed E-state index contributed by atoms with van der Waals surface area (Å²) in [7, 11) is 0. The summed E-state index contributed by atoms with van der Waals surface area (Å²) in [6.45, 7) is 9.79. The molecule has 7 heteroatoms. The lowest BCUT2D eigenvalue weighted by Gasteiger charge is -2.35. The van der Waals surface area contributed by atoms with Crippen molar-refractivity contribution in [3.8, 4) is 0 Å². The average molecular weight is 441 g/mol. The number of aromatic nitrogens is 1. The van der Waals surface area contributed by atoms with Gasteiger partial charge >= 0.3 is 0 Å². The van der Waals surface area contributed by atoms with Crippen molar-refractivity contribution in [3.63, 3.8) is 0 Å². The molecule has 6 nitrogen and oxygen atoms in total. The highest BCUT2D eigenvalue weighted by Gasteiger charge is 2.32. The number of carbonyl (C=O) groups excluding carboxylic acids is 2. The molecule has 1 unspecified atom stereocenters. The van der Waals surface area contributed by atoms with Crippen molar-refractivity contribution in [2.45, 2.75) is 40.0 Å². The predicted molar refractivity (Wildman–Crippen MR) is 126 cm³/mol. The highest BCUT2D eigenvalue weighted by molar-refractivity contribution is 7.15. The SMILES string of the molecule is CCN(C(=O)C1CCc2nc(N3CCN(C(=O)C(C)C)CC3)sc2C1)c1ccccc1. The maximum Gasteiger partial charge on any atom is 0.230 e. The van der Waals surface area contributed by atoms with Gasteiger partial charge in [0.25, 0.3) is 0 Å². The highest BCUT2D eigenvalue weighted by Crippen LogP contribution is 2.35. The maximum absolute atomic E-state index is 13.3. The Balaban J connectivity index is 1.41. The Morgan fingerprint density at radius 2 is 1.87 bits per heavy atom. The van der Waals surface area contributed by atoms with Crippen LogP contribution < -0.4 is 9.80 Å². The molecule has 1 atom stereocenters. The van der Waals surface area contributed by atoms with Crippen molar-refractivity contribution in [2.75, 3.05) is 42.5 Å². The molecule has 4 rings (SSSR count). The number of fused-ring (bicyclic) bond motifs is 1. The van der Waals surface area contributed by atoms with Gasteiger partial charge < -0.3 is 14.7 Å². The molecular formula is C24H32N4O2S. The smallest absolute Gasteiger partial charge is 0.230 e. The van der Waals surface area contributed by atoms with Gasteiger partial charge in [-0.05, 0) is 38.3 Å². The Morgan fingerprint density at radius 3 is 2.52 bits per heavy atom. The number of piperazine rings is 1. The van der Waals surface area contributed by atoms with Crippen molar-refractivity contribution < 1.29 is 9.59 Å². The van der Waals surface area contributed by atoms with Crippen LogP contribution in [-0.2, 0) is 22.4 Å². The summed E-state index contributed by atoms with van der Waals surface area (Å²) in [5.41, 5.74) is 2.13. The van der Waals surface area contributed by atoms with Crippen LogP contribution in [0.1, 0.15) is 37.8 Å². The number of hydrogen-bond acceptors (Lipinski definition) is 5. The van der Waals surface area contributed by atoms with Crippen molar-refractivity contribution in [2.24, 2.45) is 11.8 Å². The number of anilines is 2. The van der Waals surface area contributed by atoms with Crippen LogP contribution in [0.15, 0.2) is 30.3 Å². The molecule has 2 aliphatic rings. The number of para-hydroxylation sites is 1. The first kappa shape index (κ1) is 21.8. The summed E-state index contributed by atoms with van der Waals surface area (Å²) in [4.78, 5) is 37.8. The lowest BCUT2D eigenvalue weighted by atomic mass is 9.90. The molecule has 31 heavy (non-hydrogen) atoms. The molecule has 166 valence electrons. The number of hydrogen-bond donors (Lipinski definition) is 0. The van der Waals surface area contributed by atoms with Crippen molar-refractivity contribution in [3.05, 3.63) is 40.9 Å². The Kier molecular flexibility index (Phi) is 6.60. The zero-order valence-corrected chi connectivity index (χ0v) is 19.5. The molecule has 0 saturated carbocycles. The monoisotopic (exact) mass is 440 g/mol. The molecule has 1 aliphatic heterocycles. The molecule has 1 aromatic heterocycles. The fourth-order valence-electron chi connectivity index (χ4n) is 4.48. The molecule has 0 radical (unpaired) electrons. The molecule has 1 fully saturated rings. The van der Waals surface area contributed by atoms with Crippen LogP contribution in [0.3, 0.4) is 0 Å². The number of amides is 2. The van der Waals surface area contributed by atoms with Crippen LogP contribution in [0.25, 0.3) is 0 Å². The molecular weight excluding hydrogens is 408 g/mol. The number of carbonyl (C=O) groups is 2. The highest BCUT2D eigenvalue weighted by atomic mass is 32.1. The molecule has 0 bridgehead atoms. The van der Waals surface area contributed by atoms with Gasteiger partial charge in [-0.2, -0.15) is 0 Å². The van der Waals surface area contributed by atoms with Gasteiger partial charge in [-0.3, -0.25) is 9.59 Å². The van der Waals surface area contributed by atoms with Crippen LogP contribution >= 0.6 is 11.3 Å². The van der Waals surface area contributed by atoms with Gasteiger partial charge in [-0.1, -0.05) is 32.0 Å². The van der Waals surface area contributed by atoms with E-state index in [1.165, 1.54) is 4.88 Å². The number of aryl methyl sites for hydroxylation is 1. The minimum Gasteiger partial charge on any atom is -0.345 e. The topological polar surface area (TPSA) is 56.8 Å². The van der Waals surface area contributed by atoms with Gasteiger partial charge in [0, 0.05) is 55.1 Å². The van der Waals surface area contributed by atoms with E-state index in [0.717, 1.165) is 62.0 Å². The van der Waals surface area contributed by atoms with E-state index >= 15 is 0 Å². The van der Waals surface area contributed by atoms with Gasteiger partial charge in [-0.15, -0.1) is 11.3 Å². The van der Waals surface area contributed by atoms with E-state index in [2.05, 4.69) is 4.90 Å². The quantitative estimate of drug-likeness (QED) is 0.713. The fourth-order valence-corrected chi connectivity index (χ4v) is 5.72. The lowest BCUT2D eigenvalue weighted by molar-refractivity contribution is -0.134. The zero-order valence-electron chi connectivity index (χ0n) is 18.7. The largest absolute Gasteiger partial charge is 0.345 e. The summed E-state index contributed by atoms with van der Waals surface area (Å²) in [6, 6.07) is 9.95. The van der Waals surface area contributed by atoms with Gasteiger partial charge in [0.2, 0.25) is 11.8 Å². The Bertz CT molecular complexity index is 919. The number of rotatable bonds is 5. The van der Waals surface area contributed by atoms with E-state index in [1.54, 1.807) is 11.3 Å². The summed E-state index contributed by atoms with van der Waals surface area (Å²) >= 11 is 1.73. The minimum atomic E-state index is 0.0152. The van der Waals surface area contributed by atoms with Crippen LogP contribution in [0, 0.1) is 11.8 Å². The van der Waals surface area contributed by atoms with Crippen LogP contribution in [0.2, 0.25) is 0 Å². The first-order valence-corrected chi connectivity index (χ1v) is 12.2. The predicted octanol–water partition coefficient (Wildman–Crippen LogP) is 3.61. The second-order valence-corrected chi connectivity index (χ2v) is 9.75. The van der Waals surface area contributed by atoms with E-state index in [-0.39, 0.29) is 23.7 Å². The van der Waals surface area contributed by atoms with Crippen molar-refractivity contribution in [1.29, 1.82) is 0 Å². The van der Waals surface area contributed by atoms with Gasteiger partial charge in [-0.25, -0.2) is 4.98 Å². The number of thiazole rings is 1. The van der Waals surface area contributed by atoms with Gasteiger partial charge in [0.1, 0.15) is 0 Å². The molecule has 2 heterocycles. The first-order valence-electron chi connectivity index (χ1n) is 11.4. The average Bonchev–Trinajstić information content (AvgIpc) is 3.23. The molecule has 1 aromatic carbocycles. The van der Waals surface area contributed by atoms with Gasteiger partial charge in [0.05, 0.1) is 5.69 Å². The second kappa shape index (κ2) is 9.39. The third kappa shape index (κ3) is 4.61. The summed E-state index contributed by atoms with van der Waals surface area (Å²) in [5, 5.41) is 1.05.